The molecule has 0 bridgehead atoms. The molecule has 1 aliphatic heterocycles. The summed E-state index contributed by atoms with van der Waals surface area (Å²) in [6.45, 7) is 6.53. The van der Waals surface area contributed by atoms with Gasteiger partial charge in [0.2, 0.25) is 0 Å². The Labute approximate surface area is 160 Å². The third-order valence-corrected chi connectivity index (χ3v) is 5.48. The Morgan fingerprint density at radius 2 is 2.19 bits per heavy atom. The molecule has 0 saturated carbocycles. The summed E-state index contributed by atoms with van der Waals surface area (Å²) >= 11 is 7.50. The predicted molar refractivity (Wildman–Crippen MR) is 101 cm³/mol. The van der Waals surface area contributed by atoms with Crippen LogP contribution >= 0.6 is 22.9 Å². The number of aryl methyl sites for hydroxylation is 1. The molecule has 8 heteroatoms. The summed E-state index contributed by atoms with van der Waals surface area (Å²) in [5.41, 5.74) is 5.21. The number of amides is 1. The first kappa shape index (κ1) is 18.7. The highest BCUT2D eigenvalue weighted by atomic mass is 35.5. The number of allylic oxidation sites excluding steroid dienone is 1. The number of hydrogen-bond donors (Lipinski definition) is 1. The Morgan fingerprint density at radius 1 is 1.42 bits per heavy atom. The number of hydroxylamine groups is 1. The zero-order chi connectivity index (χ0) is 18.8. The molecular formula is C18H20ClN3O3S. The number of benzene rings is 1. The highest BCUT2D eigenvalue weighted by Crippen LogP contribution is 2.23. The van der Waals surface area contributed by atoms with Crippen molar-refractivity contribution in [3.05, 3.63) is 55.9 Å². The third kappa shape index (κ3) is 3.85. The number of nitrogens with one attached hydrogen (secondary N) is 1. The lowest BCUT2D eigenvalue weighted by atomic mass is 10.2. The molecule has 0 saturated heterocycles. The molecule has 138 valence electrons. The van der Waals surface area contributed by atoms with E-state index in [1.807, 2.05) is 31.4 Å². The Bertz CT molecular complexity index is 946. The number of aromatic nitrogens is 1. The molecule has 1 aromatic carbocycles. The lowest BCUT2D eigenvalue weighted by Gasteiger charge is -2.11. The van der Waals surface area contributed by atoms with E-state index in [1.54, 1.807) is 18.2 Å². The average molecular weight is 394 g/mol. The number of nitrogens with zero attached hydrogens (tertiary/aromatic N) is 2. The lowest BCUT2D eigenvalue weighted by Crippen LogP contribution is -2.26. The summed E-state index contributed by atoms with van der Waals surface area (Å²) in [5.74, 6) is 0.0538. The van der Waals surface area contributed by atoms with Gasteiger partial charge in [0.15, 0.2) is 4.80 Å². The molecule has 6 nitrogen and oxygen atoms in total. The highest BCUT2D eigenvalue weighted by Gasteiger charge is 2.18. The van der Waals surface area contributed by atoms with Crippen molar-refractivity contribution in [2.45, 2.75) is 33.4 Å². The maximum atomic E-state index is 12.7. The van der Waals surface area contributed by atoms with E-state index >= 15 is 0 Å². The molecule has 2 aromatic rings. The van der Waals surface area contributed by atoms with E-state index in [1.165, 1.54) is 18.4 Å². The van der Waals surface area contributed by atoms with Crippen LogP contribution in [0.5, 0.6) is 5.75 Å². The maximum absolute atomic E-state index is 12.7. The van der Waals surface area contributed by atoms with Crippen LogP contribution in [0.1, 0.15) is 27.9 Å². The van der Waals surface area contributed by atoms with Gasteiger partial charge < -0.3 is 9.30 Å². The van der Waals surface area contributed by atoms with Crippen molar-refractivity contribution in [1.82, 2.24) is 10.0 Å². The second-order valence-corrected chi connectivity index (χ2v) is 7.62. The van der Waals surface area contributed by atoms with Crippen molar-refractivity contribution in [1.29, 1.82) is 0 Å². The van der Waals surface area contributed by atoms with Crippen LogP contribution < -0.4 is 15.0 Å². The van der Waals surface area contributed by atoms with E-state index in [0.29, 0.717) is 27.7 Å². The van der Waals surface area contributed by atoms with Gasteiger partial charge in [0.25, 0.3) is 5.91 Å². The van der Waals surface area contributed by atoms with Crippen LogP contribution in [0.3, 0.4) is 0 Å². The van der Waals surface area contributed by atoms with Crippen molar-refractivity contribution in [2.75, 3.05) is 7.11 Å². The number of hydrogen-bond acceptors (Lipinski definition) is 5. The third-order valence-electron chi connectivity index (χ3n) is 4.15. The molecule has 26 heavy (non-hydrogen) atoms. The Kier molecular flexibility index (Phi) is 5.50. The monoisotopic (exact) mass is 393 g/mol. The fraction of sp³-hybridized carbons (Fsp3) is 0.333. The standard InChI is InChI=1S/C18H20ClN3O3S/c1-10-7-14(25-21-10)9-22-11(2)12(3)26-18(22)20-17(23)15-8-13(19)5-6-16(15)24-4/h5-8,14,21H,9H2,1-4H3. The maximum Gasteiger partial charge on any atom is 0.283 e. The number of halogens is 1. The fourth-order valence-corrected chi connectivity index (χ4v) is 3.83. The van der Waals surface area contributed by atoms with E-state index in [-0.39, 0.29) is 6.10 Å². The summed E-state index contributed by atoms with van der Waals surface area (Å²) in [6.07, 6.45) is 1.89. The lowest BCUT2D eigenvalue weighted by molar-refractivity contribution is 0.0328. The second-order valence-electron chi connectivity index (χ2n) is 6.01. The minimum Gasteiger partial charge on any atom is -0.496 e. The molecule has 0 radical (unpaired) electrons. The van der Waals surface area contributed by atoms with Crippen molar-refractivity contribution in [3.8, 4) is 5.75 Å². The second kappa shape index (κ2) is 7.65. The van der Waals surface area contributed by atoms with Gasteiger partial charge in [0.1, 0.15) is 11.9 Å². The minimum absolute atomic E-state index is 0.113. The number of carbonyl (C=O) groups excluding carboxylic acids is 1. The van der Waals surface area contributed by atoms with Crippen molar-refractivity contribution in [3.63, 3.8) is 0 Å². The molecule has 2 heterocycles. The number of thiazole rings is 1. The molecule has 0 spiro atoms. The molecule has 1 unspecified atom stereocenters. The Morgan fingerprint density at radius 3 is 2.85 bits per heavy atom. The minimum atomic E-state index is -0.392. The molecule has 1 amide bonds. The van der Waals surface area contributed by atoms with Crippen LogP contribution in [0.15, 0.2) is 35.0 Å². The zero-order valence-corrected chi connectivity index (χ0v) is 16.6. The first-order chi connectivity index (χ1) is 12.4. The molecule has 1 atom stereocenters. The average Bonchev–Trinajstić information content (AvgIpc) is 3.13. The predicted octanol–water partition coefficient (Wildman–Crippen LogP) is 3.38. The van der Waals surface area contributed by atoms with Crippen molar-refractivity contribution < 1.29 is 14.4 Å². The van der Waals surface area contributed by atoms with Gasteiger partial charge in [0, 0.05) is 21.3 Å². The van der Waals surface area contributed by atoms with Crippen LogP contribution in [-0.2, 0) is 11.4 Å². The first-order valence-electron chi connectivity index (χ1n) is 8.08. The Balaban J connectivity index is 2.00. The zero-order valence-electron chi connectivity index (χ0n) is 15.0. The number of ether oxygens (including phenoxy) is 1. The number of methoxy groups -OCH3 is 1. The van der Waals surface area contributed by atoms with Crippen LogP contribution in [0, 0.1) is 13.8 Å². The topological polar surface area (TPSA) is 64.8 Å². The number of carbonyl (C=O) groups is 1. The highest BCUT2D eigenvalue weighted by molar-refractivity contribution is 7.09. The molecule has 0 fully saturated rings. The van der Waals surface area contributed by atoms with E-state index in [4.69, 9.17) is 21.2 Å². The summed E-state index contributed by atoms with van der Waals surface area (Å²) in [6, 6.07) is 4.91. The van der Waals surface area contributed by atoms with Crippen molar-refractivity contribution >= 4 is 28.8 Å². The summed E-state index contributed by atoms with van der Waals surface area (Å²) < 4.78 is 7.26. The smallest absolute Gasteiger partial charge is 0.283 e. The van der Waals surface area contributed by atoms with Gasteiger partial charge in [-0.3, -0.25) is 15.1 Å². The van der Waals surface area contributed by atoms with Gasteiger partial charge in [-0.1, -0.05) is 11.6 Å². The SMILES string of the molecule is COc1ccc(Cl)cc1C(=O)N=c1sc(C)c(C)n1CC1C=C(C)NO1. The van der Waals surface area contributed by atoms with Crippen LogP contribution in [0.2, 0.25) is 5.02 Å². The summed E-state index contributed by atoms with van der Waals surface area (Å²) in [7, 11) is 1.51. The van der Waals surface area contributed by atoms with E-state index in [0.717, 1.165) is 16.3 Å². The quantitative estimate of drug-likeness (QED) is 0.864. The molecule has 1 N–H and O–H groups in total. The molecule has 1 aliphatic rings. The van der Waals surface area contributed by atoms with Gasteiger partial charge in [-0.15, -0.1) is 11.3 Å². The molecule has 3 rings (SSSR count). The summed E-state index contributed by atoms with van der Waals surface area (Å²) in [5, 5.41) is 0.460. The largest absolute Gasteiger partial charge is 0.496 e. The van der Waals surface area contributed by atoms with E-state index in [2.05, 4.69) is 10.5 Å². The van der Waals surface area contributed by atoms with Gasteiger partial charge in [-0.05, 0) is 45.0 Å². The molecule has 0 aliphatic carbocycles. The number of rotatable bonds is 4. The van der Waals surface area contributed by atoms with E-state index in [9.17, 15) is 4.79 Å². The normalized spacial score (nSPS) is 17.2. The van der Waals surface area contributed by atoms with Crippen molar-refractivity contribution in [2.24, 2.45) is 4.99 Å². The van der Waals surface area contributed by atoms with Crippen LogP contribution in [-0.4, -0.2) is 23.7 Å². The van der Waals surface area contributed by atoms with Crippen LogP contribution in [0.4, 0.5) is 0 Å². The van der Waals surface area contributed by atoms with E-state index < -0.39 is 5.91 Å². The van der Waals surface area contributed by atoms with Crippen LogP contribution in [0.25, 0.3) is 0 Å². The summed E-state index contributed by atoms with van der Waals surface area (Å²) in [4.78, 5) is 24.3. The first-order valence-corrected chi connectivity index (χ1v) is 9.28. The van der Waals surface area contributed by atoms with Gasteiger partial charge in [-0.25, -0.2) is 0 Å². The van der Waals surface area contributed by atoms with Gasteiger partial charge in [0.05, 0.1) is 19.2 Å². The Hall–Kier alpha value is -2.09. The van der Waals surface area contributed by atoms with Gasteiger partial charge >= 0.3 is 0 Å². The fourth-order valence-electron chi connectivity index (χ4n) is 2.68. The molecular weight excluding hydrogens is 374 g/mol. The molecule has 1 aromatic heterocycles. The van der Waals surface area contributed by atoms with Gasteiger partial charge in [-0.2, -0.15) is 4.99 Å².